The zero-order valence-corrected chi connectivity index (χ0v) is 19.9. The van der Waals surface area contributed by atoms with E-state index in [1.807, 2.05) is 0 Å². The van der Waals surface area contributed by atoms with Crippen molar-refractivity contribution in [2.24, 2.45) is 0 Å². The number of nitro groups is 3. The van der Waals surface area contributed by atoms with Crippen LogP contribution in [0.3, 0.4) is 0 Å². The predicted octanol–water partition coefficient (Wildman–Crippen LogP) is 5.66. The molecule has 0 aliphatic carbocycles. The van der Waals surface area contributed by atoms with Crippen molar-refractivity contribution in [2.45, 2.75) is 0 Å². The zero-order valence-electron chi connectivity index (χ0n) is 17.6. The Morgan fingerprint density at radius 3 is 1.92 bits per heavy atom. The lowest BCUT2D eigenvalue weighted by molar-refractivity contribution is -0.395. The minimum Gasteiger partial charge on any atom is -0.454 e. The number of esters is 1. The normalized spacial score (nSPS) is 10.4. The topological polar surface area (TPSA) is 182 Å². The molecule has 0 atom stereocenters. The van der Waals surface area contributed by atoms with Gasteiger partial charge in [-0.2, -0.15) is 0 Å². The first-order chi connectivity index (χ1) is 17.0. The number of rotatable bonds is 9. The second kappa shape index (κ2) is 10.9. The van der Waals surface area contributed by atoms with E-state index in [-0.39, 0.29) is 27.8 Å². The molecule has 0 aliphatic rings. The van der Waals surface area contributed by atoms with Crippen molar-refractivity contribution in [1.82, 2.24) is 0 Å². The number of hydrogen-bond donors (Lipinski definition) is 0. The van der Waals surface area contributed by atoms with Crippen LogP contribution >= 0.6 is 27.5 Å². The Balaban J connectivity index is 1.71. The van der Waals surface area contributed by atoms with Crippen LogP contribution in [0.15, 0.2) is 59.1 Å². The van der Waals surface area contributed by atoms with Gasteiger partial charge >= 0.3 is 11.7 Å². The molecule has 184 valence electrons. The first-order valence-corrected chi connectivity index (χ1v) is 10.7. The van der Waals surface area contributed by atoms with Gasteiger partial charge in [0.05, 0.1) is 25.4 Å². The van der Waals surface area contributed by atoms with Crippen LogP contribution in [0.25, 0.3) is 0 Å². The fourth-order valence-electron chi connectivity index (χ4n) is 2.84. The number of halogens is 2. The van der Waals surface area contributed by atoms with Crippen molar-refractivity contribution in [1.29, 1.82) is 0 Å². The van der Waals surface area contributed by atoms with Gasteiger partial charge in [-0.25, -0.2) is 4.79 Å². The molecular weight excluding hydrogens is 570 g/mol. The van der Waals surface area contributed by atoms with Gasteiger partial charge in [0.15, 0.2) is 16.9 Å². The molecule has 0 amide bonds. The van der Waals surface area contributed by atoms with Gasteiger partial charge in [-0.15, -0.1) is 0 Å². The van der Waals surface area contributed by atoms with Crippen LogP contribution in [-0.2, 0) is 4.74 Å². The summed E-state index contributed by atoms with van der Waals surface area (Å²) >= 11 is 8.74. The SMILES string of the molecule is O=C(COC(=O)c1cc([N+](=O)[O-])c(Br)c([N+](=O)[O-])c1)c1ccc(Oc2c(Cl)cccc2[N+](=O)[O-])cc1. The Labute approximate surface area is 213 Å². The first-order valence-electron chi connectivity index (χ1n) is 9.53. The molecule has 0 aliphatic heterocycles. The monoisotopic (exact) mass is 579 g/mol. The van der Waals surface area contributed by atoms with E-state index in [2.05, 4.69) is 15.9 Å². The zero-order chi connectivity index (χ0) is 26.6. The molecule has 36 heavy (non-hydrogen) atoms. The van der Waals surface area contributed by atoms with Gasteiger partial charge in [0.1, 0.15) is 5.75 Å². The average molecular weight is 581 g/mol. The van der Waals surface area contributed by atoms with Crippen molar-refractivity contribution in [3.8, 4) is 11.5 Å². The summed E-state index contributed by atoms with van der Waals surface area (Å²) < 4.78 is 9.92. The van der Waals surface area contributed by atoms with Gasteiger partial charge in [0.25, 0.3) is 11.4 Å². The third-order valence-electron chi connectivity index (χ3n) is 4.54. The molecule has 15 heteroatoms. The smallest absolute Gasteiger partial charge is 0.339 e. The van der Waals surface area contributed by atoms with Crippen molar-refractivity contribution in [3.05, 3.63) is 106 Å². The number of hydrogen-bond acceptors (Lipinski definition) is 10. The number of ketones is 1. The third kappa shape index (κ3) is 5.79. The van der Waals surface area contributed by atoms with Crippen LogP contribution in [-0.4, -0.2) is 33.1 Å². The molecule has 0 spiro atoms. The molecule has 0 saturated heterocycles. The van der Waals surface area contributed by atoms with Gasteiger partial charge in [0, 0.05) is 23.8 Å². The molecule has 3 rings (SSSR count). The van der Waals surface area contributed by atoms with E-state index < -0.39 is 54.5 Å². The highest BCUT2D eigenvalue weighted by Crippen LogP contribution is 2.38. The van der Waals surface area contributed by atoms with E-state index in [1.165, 1.54) is 42.5 Å². The van der Waals surface area contributed by atoms with Crippen LogP contribution in [0.1, 0.15) is 20.7 Å². The summed E-state index contributed by atoms with van der Waals surface area (Å²) in [5, 5.41) is 33.4. The van der Waals surface area contributed by atoms with Crippen LogP contribution in [0, 0.1) is 30.3 Å². The molecule has 0 radical (unpaired) electrons. The van der Waals surface area contributed by atoms with Crippen LogP contribution < -0.4 is 4.74 Å². The lowest BCUT2D eigenvalue weighted by Gasteiger charge is -2.09. The highest BCUT2D eigenvalue weighted by molar-refractivity contribution is 9.10. The molecule has 0 unspecified atom stereocenters. The fraction of sp³-hybridized carbons (Fsp3) is 0.0476. The fourth-order valence-corrected chi connectivity index (χ4v) is 3.57. The maximum absolute atomic E-state index is 12.4. The van der Waals surface area contributed by atoms with E-state index in [0.717, 1.165) is 12.1 Å². The Bertz CT molecular complexity index is 1380. The van der Waals surface area contributed by atoms with Gasteiger partial charge in [0.2, 0.25) is 5.75 Å². The second-order valence-electron chi connectivity index (χ2n) is 6.81. The third-order valence-corrected chi connectivity index (χ3v) is 5.65. The number of nitrogens with zero attached hydrogens (tertiary/aromatic N) is 3. The Morgan fingerprint density at radius 1 is 0.833 bits per heavy atom. The number of ether oxygens (including phenoxy) is 2. The summed E-state index contributed by atoms with van der Waals surface area (Å²) in [6.45, 7) is -0.771. The largest absolute Gasteiger partial charge is 0.454 e. The predicted molar refractivity (Wildman–Crippen MR) is 127 cm³/mol. The lowest BCUT2D eigenvalue weighted by Crippen LogP contribution is -2.14. The van der Waals surface area contributed by atoms with Crippen molar-refractivity contribution in [3.63, 3.8) is 0 Å². The number of benzene rings is 3. The number of nitro benzene ring substituents is 3. The standard InChI is InChI=1S/C21H11BrClN3O10/c22-19-16(25(31)32)8-12(9-17(19)26(33)34)21(28)35-10-18(27)11-4-6-13(7-5-11)36-20-14(23)2-1-3-15(20)24(29)30/h1-9H,10H2. The van der Waals surface area contributed by atoms with Crippen molar-refractivity contribution in [2.75, 3.05) is 6.61 Å². The Hall–Kier alpha value is -4.43. The number of carbonyl (C=O) groups is 2. The van der Waals surface area contributed by atoms with Crippen molar-refractivity contribution < 1.29 is 33.8 Å². The number of carbonyl (C=O) groups excluding carboxylic acids is 2. The number of para-hydroxylation sites is 1. The molecular formula is C21H11BrClN3O10. The van der Waals surface area contributed by atoms with Crippen LogP contribution in [0.5, 0.6) is 11.5 Å². The van der Waals surface area contributed by atoms with Gasteiger partial charge < -0.3 is 9.47 Å². The highest BCUT2D eigenvalue weighted by atomic mass is 79.9. The number of Topliss-reactive ketones (excluding diaryl/α,β-unsaturated/α-hetero) is 1. The maximum Gasteiger partial charge on any atom is 0.339 e. The maximum atomic E-state index is 12.4. The summed E-state index contributed by atoms with van der Waals surface area (Å²) in [6, 6.07) is 10.9. The summed E-state index contributed by atoms with van der Waals surface area (Å²) in [5.41, 5.74) is -2.22. The van der Waals surface area contributed by atoms with E-state index in [1.54, 1.807) is 0 Å². The average Bonchev–Trinajstić information content (AvgIpc) is 2.83. The molecule has 0 bridgehead atoms. The second-order valence-corrected chi connectivity index (χ2v) is 8.01. The van der Waals surface area contributed by atoms with E-state index in [9.17, 15) is 39.9 Å². The Kier molecular flexibility index (Phi) is 7.91. The molecule has 13 nitrogen and oxygen atoms in total. The van der Waals surface area contributed by atoms with Gasteiger partial charge in [-0.05, 0) is 46.3 Å². The van der Waals surface area contributed by atoms with E-state index in [4.69, 9.17) is 21.1 Å². The summed E-state index contributed by atoms with van der Waals surface area (Å²) in [5.74, 6) is -1.91. The van der Waals surface area contributed by atoms with Gasteiger partial charge in [-0.3, -0.25) is 35.1 Å². The van der Waals surface area contributed by atoms with Crippen LogP contribution in [0.4, 0.5) is 17.1 Å². The van der Waals surface area contributed by atoms with Crippen LogP contribution in [0.2, 0.25) is 5.02 Å². The summed E-state index contributed by atoms with van der Waals surface area (Å²) in [7, 11) is 0. The minimum atomic E-state index is -1.19. The quantitative estimate of drug-likeness (QED) is 0.132. The molecule has 3 aromatic carbocycles. The van der Waals surface area contributed by atoms with Crippen molar-refractivity contribution >= 4 is 56.3 Å². The summed E-state index contributed by atoms with van der Waals surface area (Å²) in [6.07, 6.45) is 0. The molecule has 0 aromatic heterocycles. The lowest BCUT2D eigenvalue weighted by atomic mass is 10.1. The Morgan fingerprint density at radius 2 is 1.39 bits per heavy atom. The molecule has 0 N–H and O–H groups in total. The van der Waals surface area contributed by atoms with E-state index in [0.29, 0.717) is 0 Å². The van der Waals surface area contributed by atoms with Gasteiger partial charge in [-0.1, -0.05) is 17.7 Å². The first kappa shape index (κ1) is 26.2. The molecule has 0 saturated carbocycles. The minimum absolute atomic E-state index is 0.00433. The molecule has 0 fully saturated rings. The van der Waals surface area contributed by atoms with E-state index >= 15 is 0 Å². The molecule has 3 aromatic rings. The molecule has 0 heterocycles. The highest BCUT2D eigenvalue weighted by Gasteiger charge is 2.27. The summed E-state index contributed by atoms with van der Waals surface area (Å²) in [4.78, 5) is 55.6.